The van der Waals surface area contributed by atoms with E-state index in [0.717, 1.165) is 10.9 Å². The second-order valence-electron chi connectivity index (χ2n) is 4.17. The van der Waals surface area contributed by atoms with Gasteiger partial charge in [0.15, 0.2) is 0 Å². The summed E-state index contributed by atoms with van der Waals surface area (Å²) in [5.74, 6) is -0.285. The maximum Gasteiger partial charge on any atom is 0.227 e. The van der Waals surface area contributed by atoms with Crippen molar-refractivity contribution in [3.63, 3.8) is 0 Å². The lowest BCUT2D eigenvalue weighted by Crippen LogP contribution is -2.21. The third-order valence-electron chi connectivity index (χ3n) is 2.61. The van der Waals surface area contributed by atoms with Gasteiger partial charge in [0.25, 0.3) is 0 Å². The topological polar surface area (TPSA) is 58.2 Å². The van der Waals surface area contributed by atoms with Crippen LogP contribution in [0.1, 0.15) is 27.2 Å². The van der Waals surface area contributed by atoms with Crippen LogP contribution >= 0.6 is 15.9 Å². The predicted octanol–water partition coefficient (Wildman–Crippen LogP) is 3.39. The predicted molar refractivity (Wildman–Crippen MR) is 76.5 cm³/mol. The monoisotopic (exact) mass is 312 g/mol. The highest BCUT2D eigenvalue weighted by molar-refractivity contribution is 9.10. The van der Waals surface area contributed by atoms with E-state index in [0.29, 0.717) is 11.4 Å². The summed E-state index contributed by atoms with van der Waals surface area (Å²) in [4.78, 5) is 22.9. The van der Waals surface area contributed by atoms with E-state index < -0.39 is 0 Å². The van der Waals surface area contributed by atoms with Crippen LogP contribution in [0.25, 0.3) is 0 Å². The van der Waals surface area contributed by atoms with Crippen LogP contribution in [0.4, 0.5) is 11.4 Å². The molecule has 2 amide bonds. The summed E-state index contributed by atoms with van der Waals surface area (Å²) >= 11 is 3.34. The zero-order valence-electron chi connectivity index (χ0n) is 10.7. The van der Waals surface area contributed by atoms with Crippen LogP contribution in [0.3, 0.4) is 0 Å². The summed E-state index contributed by atoms with van der Waals surface area (Å²) < 4.78 is 0.844. The molecule has 1 aromatic carbocycles. The molecule has 1 atom stereocenters. The Labute approximate surface area is 115 Å². The van der Waals surface area contributed by atoms with Gasteiger partial charge in [-0.05, 0) is 24.6 Å². The van der Waals surface area contributed by atoms with E-state index >= 15 is 0 Å². The summed E-state index contributed by atoms with van der Waals surface area (Å²) in [6, 6.07) is 5.33. The molecule has 0 bridgehead atoms. The molecule has 0 unspecified atom stereocenters. The molecule has 1 aromatic rings. The highest BCUT2D eigenvalue weighted by Crippen LogP contribution is 2.26. The molecule has 0 spiro atoms. The number of amides is 2. The first-order chi connectivity index (χ1) is 8.43. The molecule has 0 aliphatic heterocycles. The largest absolute Gasteiger partial charge is 0.325 e. The fourth-order valence-electron chi connectivity index (χ4n) is 1.36. The van der Waals surface area contributed by atoms with Crippen LogP contribution < -0.4 is 10.6 Å². The van der Waals surface area contributed by atoms with E-state index in [-0.39, 0.29) is 17.7 Å². The van der Waals surface area contributed by atoms with E-state index in [2.05, 4.69) is 26.6 Å². The Morgan fingerprint density at radius 1 is 1.28 bits per heavy atom. The Morgan fingerprint density at radius 3 is 2.50 bits per heavy atom. The van der Waals surface area contributed by atoms with Gasteiger partial charge in [-0.2, -0.15) is 0 Å². The Hall–Kier alpha value is -1.36. The maximum atomic E-state index is 11.9. The molecule has 0 heterocycles. The number of anilines is 2. The Morgan fingerprint density at radius 2 is 1.94 bits per heavy atom. The van der Waals surface area contributed by atoms with Crippen molar-refractivity contribution in [3.05, 3.63) is 22.7 Å². The van der Waals surface area contributed by atoms with Gasteiger partial charge < -0.3 is 10.6 Å². The average Bonchev–Trinajstić information content (AvgIpc) is 2.31. The molecule has 0 saturated carbocycles. The molecule has 0 saturated heterocycles. The van der Waals surface area contributed by atoms with E-state index in [1.807, 2.05) is 19.9 Å². The number of benzene rings is 1. The maximum absolute atomic E-state index is 11.9. The molecule has 1 rings (SSSR count). The molecule has 0 aromatic heterocycles. The van der Waals surface area contributed by atoms with Crippen molar-refractivity contribution in [2.45, 2.75) is 27.2 Å². The molecular formula is C13H17BrN2O2. The Balaban J connectivity index is 2.95. The number of carbonyl (C=O) groups is 2. The lowest BCUT2D eigenvalue weighted by molar-refractivity contribution is -0.119. The van der Waals surface area contributed by atoms with Crippen molar-refractivity contribution >= 4 is 39.1 Å². The third kappa shape index (κ3) is 4.14. The number of hydrogen-bond donors (Lipinski definition) is 2. The van der Waals surface area contributed by atoms with E-state index in [1.165, 1.54) is 6.92 Å². The number of carbonyl (C=O) groups excluding carboxylic acids is 2. The summed E-state index contributed by atoms with van der Waals surface area (Å²) in [6.45, 7) is 5.26. The highest BCUT2D eigenvalue weighted by atomic mass is 79.9. The van der Waals surface area contributed by atoms with Crippen LogP contribution in [-0.2, 0) is 9.59 Å². The smallest absolute Gasteiger partial charge is 0.227 e. The van der Waals surface area contributed by atoms with Gasteiger partial charge in [-0.15, -0.1) is 0 Å². The normalized spacial score (nSPS) is 11.8. The summed E-state index contributed by atoms with van der Waals surface area (Å²) in [6.07, 6.45) is 0.773. The number of nitrogens with one attached hydrogen (secondary N) is 2. The molecule has 0 fully saturated rings. The number of hydrogen-bond acceptors (Lipinski definition) is 2. The van der Waals surface area contributed by atoms with Crippen LogP contribution in [0.2, 0.25) is 0 Å². The first-order valence-electron chi connectivity index (χ1n) is 5.82. The molecule has 0 aliphatic rings. The zero-order chi connectivity index (χ0) is 13.7. The number of rotatable bonds is 4. The second-order valence-corrected chi connectivity index (χ2v) is 5.09. The minimum Gasteiger partial charge on any atom is -0.325 e. The average molecular weight is 313 g/mol. The van der Waals surface area contributed by atoms with E-state index in [1.54, 1.807) is 12.1 Å². The van der Waals surface area contributed by atoms with Gasteiger partial charge in [0.05, 0.1) is 11.4 Å². The second kappa shape index (κ2) is 6.54. The molecule has 0 radical (unpaired) electrons. The lowest BCUT2D eigenvalue weighted by atomic mass is 10.1. The SMILES string of the molecule is CC[C@H](C)C(=O)Nc1cc(Br)ccc1NC(C)=O. The standard InChI is InChI=1S/C13H17BrN2O2/c1-4-8(2)13(18)16-12-7-10(14)5-6-11(12)15-9(3)17/h5-8H,4H2,1-3H3,(H,15,17)(H,16,18)/t8-/m0/s1. The summed E-state index contributed by atoms with van der Waals surface area (Å²) in [7, 11) is 0. The van der Waals surface area contributed by atoms with Crippen molar-refractivity contribution in [1.82, 2.24) is 0 Å². The molecular weight excluding hydrogens is 296 g/mol. The number of halogens is 1. The highest BCUT2D eigenvalue weighted by Gasteiger charge is 2.13. The molecule has 2 N–H and O–H groups in total. The van der Waals surface area contributed by atoms with Crippen molar-refractivity contribution in [2.75, 3.05) is 10.6 Å². The third-order valence-corrected chi connectivity index (χ3v) is 3.10. The van der Waals surface area contributed by atoms with Gasteiger partial charge in [-0.1, -0.05) is 29.8 Å². The fourth-order valence-corrected chi connectivity index (χ4v) is 1.72. The van der Waals surface area contributed by atoms with Crippen molar-refractivity contribution in [2.24, 2.45) is 5.92 Å². The van der Waals surface area contributed by atoms with Crippen LogP contribution in [0.5, 0.6) is 0 Å². The van der Waals surface area contributed by atoms with Gasteiger partial charge in [0.2, 0.25) is 11.8 Å². The molecule has 18 heavy (non-hydrogen) atoms. The van der Waals surface area contributed by atoms with Crippen LogP contribution in [0, 0.1) is 5.92 Å². The minimum absolute atomic E-state index is 0.0535. The van der Waals surface area contributed by atoms with Crippen LogP contribution in [-0.4, -0.2) is 11.8 Å². The molecule has 5 heteroatoms. The van der Waals surface area contributed by atoms with Crippen molar-refractivity contribution in [1.29, 1.82) is 0 Å². The van der Waals surface area contributed by atoms with Gasteiger partial charge >= 0.3 is 0 Å². The first kappa shape index (κ1) is 14.7. The van der Waals surface area contributed by atoms with Crippen molar-refractivity contribution < 1.29 is 9.59 Å². The lowest BCUT2D eigenvalue weighted by Gasteiger charge is -2.14. The first-order valence-corrected chi connectivity index (χ1v) is 6.61. The summed E-state index contributed by atoms with van der Waals surface area (Å²) in [5.41, 5.74) is 1.20. The van der Waals surface area contributed by atoms with Gasteiger partial charge in [0, 0.05) is 17.3 Å². The van der Waals surface area contributed by atoms with E-state index in [4.69, 9.17) is 0 Å². The van der Waals surface area contributed by atoms with Gasteiger partial charge in [-0.25, -0.2) is 0 Å². The summed E-state index contributed by atoms with van der Waals surface area (Å²) in [5, 5.41) is 5.51. The zero-order valence-corrected chi connectivity index (χ0v) is 12.3. The fraction of sp³-hybridized carbons (Fsp3) is 0.385. The molecule has 0 aliphatic carbocycles. The minimum atomic E-state index is -0.170. The molecule has 4 nitrogen and oxygen atoms in total. The quantitative estimate of drug-likeness (QED) is 0.895. The van der Waals surface area contributed by atoms with E-state index in [9.17, 15) is 9.59 Å². The molecule has 98 valence electrons. The Bertz CT molecular complexity index is 460. The van der Waals surface area contributed by atoms with Crippen molar-refractivity contribution in [3.8, 4) is 0 Å². The van der Waals surface area contributed by atoms with Gasteiger partial charge in [0.1, 0.15) is 0 Å². The van der Waals surface area contributed by atoms with Gasteiger partial charge in [-0.3, -0.25) is 9.59 Å². The van der Waals surface area contributed by atoms with Crippen LogP contribution in [0.15, 0.2) is 22.7 Å². The Kier molecular flexibility index (Phi) is 5.34.